The van der Waals surface area contributed by atoms with Crippen LogP contribution in [0.3, 0.4) is 0 Å². The number of hydrogen-bond acceptors (Lipinski definition) is 5. The Labute approximate surface area is 174 Å². The number of methoxy groups -OCH3 is 3. The Morgan fingerprint density at radius 2 is 1.76 bits per heavy atom. The van der Waals surface area contributed by atoms with Gasteiger partial charge in [-0.05, 0) is 30.5 Å². The van der Waals surface area contributed by atoms with Crippen LogP contribution in [0.4, 0.5) is 0 Å². The van der Waals surface area contributed by atoms with Gasteiger partial charge < -0.3 is 18.8 Å². The fraction of sp³-hybridized carbons (Fsp3) is 0.364. The molecular formula is C22H26N2O4S. The van der Waals surface area contributed by atoms with E-state index in [1.807, 2.05) is 41.8 Å². The number of hydrogen-bond donors (Lipinski definition) is 0. The van der Waals surface area contributed by atoms with Crippen molar-refractivity contribution in [2.75, 3.05) is 27.9 Å². The summed E-state index contributed by atoms with van der Waals surface area (Å²) >= 11 is 1.45. The lowest BCUT2D eigenvalue weighted by Crippen LogP contribution is -2.19. The molecule has 154 valence electrons. The van der Waals surface area contributed by atoms with Gasteiger partial charge in [-0.2, -0.15) is 4.99 Å². The third kappa shape index (κ3) is 4.68. The zero-order valence-electron chi connectivity index (χ0n) is 17.4. The summed E-state index contributed by atoms with van der Waals surface area (Å²) < 4.78 is 19.0. The van der Waals surface area contributed by atoms with Crippen molar-refractivity contribution in [1.82, 2.24) is 4.57 Å². The highest BCUT2D eigenvalue weighted by atomic mass is 32.1. The number of rotatable bonds is 7. The van der Waals surface area contributed by atoms with E-state index in [-0.39, 0.29) is 12.3 Å². The van der Waals surface area contributed by atoms with Crippen molar-refractivity contribution < 1.29 is 19.0 Å². The molecule has 0 aliphatic rings. The third-order valence-corrected chi connectivity index (χ3v) is 5.90. The molecule has 0 aliphatic carbocycles. The summed E-state index contributed by atoms with van der Waals surface area (Å²) in [6, 6.07) is 9.88. The normalized spacial score (nSPS) is 11.8. The van der Waals surface area contributed by atoms with Gasteiger partial charge in [-0.1, -0.05) is 29.5 Å². The average Bonchev–Trinajstić information content (AvgIpc) is 3.03. The first-order chi connectivity index (χ1) is 14.0. The SMILES string of the molecule is COCCn1c(=NC(=O)Cc2ccc(C)c(C)c2)sc2cc(OC)c(OC)cc21. The minimum absolute atomic E-state index is 0.176. The Morgan fingerprint density at radius 3 is 2.41 bits per heavy atom. The number of thiazole rings is 1. The first-order valence-electron chi connectivity index (χ1n) is 9.34. The molecule has 0 unspecified atom stereocenters. The predicted octanol–water partition coefficient (Wildman–Crippen LogP) is 3.65. The van der Waals surface area contributed by atoms with E-state index in [0.29, 0.717) is 29.5 Å². The maximum absolute atomic E-state index is 12.7. The number of amides is 1. The van der Waals surface area contributed by atoms with E-state index in [2.05, 4.69) is 11.9 Å². The topological polar surface area (TPSA) is 62.1 Å². The number of ether oxygens (including phenoxy) is 3. The zero-order chi connectivity index (χ0) is 21.0. The lowest BCUT2D eigenvalue weighted by Gasteiger charge is -2.09. The van der Waals surface area contributed by atoms with Crippen LogP contribution in [-0.2, 0) is 22.5 Å². The molecule has 3 aromatic rings. The quantitative estimate of drug-likeness (QED) is 0.592. The largest absolute Gasteiger partial charge is 0.493 e. The van der Waals surface area contributed by atoms with Crippen LogP contribution in [0.2, 0.25) is 0 Å². The minimum Gasteiger partial charge on any atom is -0.493 e. The fourth-order valence-corrected chi connectivity index (χ4v) is 4.20. The number of carbonyl (C=O) groups excluding carboxylic acids is 1. The molecule has 1 amide bonds. The van der Waals surface area contributed by atoms with Crippen LogP contribution in [0.1, 0.15) is 16.7 Å². The monoisotopic (exact) mass is 414 g/mol. The number of benzene rings is 2. The van der Waals surface area contributed by atoms with Crippen LogP contribution >= 0.6 is 11.3 Å². The summed E-state index contributed by atoms with van der Waals surface area (Å²) in [7, 11) is 4.86. The van der Waals surface area contributed by atoms with Crippen molar-refractivity contribution >= 4 is 27.5 Å². The maximum atomic E-state index is 12.7. The van der Waals surface area contributed by atoms with Crippen LogP contribution in [0.5, 0.6) is 11.5 Å². The maximum Gasteiger partial charge on any atom is 0.252 e. The minimum atomic E-state index is -0.176. The first kappa shape index (κ1) is 21.1. The molecule has 1 aromatic heterocycles. The van der Waals surface area contributed by atoms with E-state index in [0.717, 1.165) is 15.8 Å². The molecule has 0 N–H and O–H groups in total. The van der Waals surface area contributed by atoms with Crippen LogP contribution in [-0.4, -0.2) is 38.4 Å². The second-order valence-corrected chi connectivity index (χ2v) is 7.81. The van der Waals surface area contributed by atoms with Gasteiger partial charge in [0, 0.05) is 25.8 Å². The Kier molecular flexibility index (Phi) is 6.71. The summed E-state index contributed by atoms with van der Waals surface area (Å²) in [6.45, 7) is 5.20. The van der Waals surface area contributed by atoms with Crippen LogP contribution in [0.25, 0.3) is 10.2 Å². The molecule has 0 radical (unpaired) electrons. The number of carbonyl (C=O) groups is 1. The molecule has 0 atom stereocenters. The number of aryl methyl sites for hydroxylation is 2. The Balaban J connectivity index is 2.03. The van der Waals surface area contributed by atoms with E-state index >= 15 is 0 Å². The van der Waals surface area contributed by atoms with Gasteiger partial charge in [-0.3, -0.25) is 4.79 Å². The highest BCUT2D eigenvalue weighted by molar-refractivity contribution is 7.16. The highest BCUT2D eigenvalue weighted by Gasteiger charge is 2.13. The molecule has 0 saturated heterocycles. The molecule has 1 heterocycles. The van der Waals surface area contributed by atoms with Gasteiger partial charge in [0.15, 0.2) is 16.3 Å². The van der Waals surface area contributed by atoms with Gasteiger partial charge in [0.05, 0.1) is 37.5 Å². The van der Waals surface area contributed by atoms with Crippen LogP contribution < -0.4 is 14.3 Å². The fourth-order valence-electron chi connectivity index (χ4n) is 3.11. The number of aromatic nitrogens is 1. The molecule has 0 spiro atoms. The average molecular weight is 415 g/mol. The van der Waals surface area contributed by atoms with Gasteiger partial charge in [-0.15, -0.1) is 0 Å². The Hall–Kier alpha value is -2.64. The van der Waals surface area contributed by atoms with Gasteiger partial charge in [0.1, 0.15) is 0 Å². The van der Waals surface area contributed by atoms with Crippen molar-refractivity contribution in [2.24, 2.45) is 4.99 Å². The van der Waals surface area contributed by atoms with Gasteiger partial charge in [-0.25, -0.2) is 0 Å². The summed E-state index contributed by atoms with van der Waals surface area (Å²) in [5.41, 5.74) is 4.28. The Morgan fingerprint density at radius 1 is 1.03 bits per heavy atom. The molecule has 0 bridgehead atoms. The van der Waals surface area contributed by atoms with E-state index in [1.165, 1.54) is 22.5 Å². The third-order valence-electron chi connectivity index (χ3n) is 4.85. The smallest absolute Gasteiger partial charge is 0.252 e. The number of fused-ring (bicyclic) bond motifs is 1. The van der Waals surface area contributed by atoms with Crippen molar-refractivity contribution in [3.05, 3.63) is 51.8 Å². The van der Waals surface area contributed by atoms with Crippen LogP contribution in [0.15, 0.2) is 35.3 Å². The first-order valence-corrected chi connectivity index (χ1v) is 10.2. The van der Waals surface area contributed by atoms with E-state index in [9.17, 15) is 4.79 Å². The van der Waals surface area contributed by atoms with Crippen molar-refractivity contribution in [2.45, 2.75) is 26.8 Å². The Bertz CT molecular complexity index is 1100. The lowest BCUT2D eigenvalue weighted by atomic mass is 10.0. The zero-order valence-corrected chi connectivity index (χ0v) is 18.3. The summed E-state index contributed by atoms with van der Waals surface area (Å²) in [4.78, 5) is 17.7. The molecule has 0 aliphatic heterocycles. The molecule has 7 heteroatoms. The molecule has 0 saturated carbocycles. The standard InChI is InChI=1S/C22H26N2O4S/c1-14-6-7-16(10-15(14)2)11-21(25)23-22-24(8-9-26-3)17-12-18(27-4)19(28-5)13-20(17)29-22/h6-7,10,12-13H,8-9,11H2,1-5H3. The molecule has 3 rings (SSSR count). The molecule has 0 fully saturated rings. The lowest BCUT2D eigenvalue weighted by molar-refractivity contribution is -0.117. The van der Waals surface area contributed by atoms with E-state index in [4.69, 9.17) is 14.2 Å². The van der Waals surface area contributed by atoms with Gasteiger partial charge in [0.25, 0.3) is 5.91 Å². The second kappa shape index (κ2) is 9.24. The summed E-state index contributed by atoms with van der Waals surface area (Å²) in [5, 5.41) is 0. The highest BCUT2D eigenvalue weighted by Crippen LogP contribution is 2.33. The van der Waals surface area contributed by atoms with E-state index in [1.54, 1.807) is 21.3 Å². The summed E-state index contributed by atoms with van der Waals surface area (Å²) in [6.07, 6.45) is 0.270. The van der Waals surface area contributed by atoms with Crippen molar-refractivity contribution in [3.8, 4) is 11.5 Å². The van der Waals surface area contributed by atoms with Crippen LogP contribution in [0, 0.1) is 13.8 Å². The van der Waals surface area contributed by atoms with Crippen molar-refractivity contribution in [1.29, 1.82) is 0 Å². The van der Waals surface area contributed by atoms with Crippen molar-refractivity contribution in [3.63, 3.8) is 0 Å². The molecule has 29 heavy (non-hydrogen) atoms. The summed E-state index contributed by atoms with van der Waals surface area (Å²) in [5.74, 6) is 1.11. The van der Waals surface area contributed by atoms with Gasteiger partial charge >= 0.3 is 0 Å². The molecular weight excluding hydrogens is 388 g/mol. The molecule has 6 nitrogen and oxygen atoms in total. The number of nitrogens with zero attached hydrogens (tertiary/aromatic N) is 2. The predicted molar refractivity (Wildman–Crippen MR) is 115 cm³/mol. The van der Waals surface area contributed by atoms with E-state index < -0.39 is 0 Å². The van der Waals surface area contributed by atoms with Gasteiger partial charge in [0.2, 0.25) is 0 Å². The molecule has 2 aromatic carbocycles. The second-order valence-electron chi connectivity index (χ2n) is 6.80.